The molecule has 3 N–H and O–H groups in total. The first kappa shape index (κ1) is 13.8. The van der Waals surface area contributed by atoms with Gasteiger partial charge in [0, 0.05) is 25.2 Å². The van der Waals surface area contributed by atoms with Crippen molar-refractivity contribution < 1.29 is 4.79 Å². The quantitative estimate of drug-likeness (QED) is 0.780. The Labute approximate surface area is 110 Å². The second kappa shape index (κ2) is 5.57. The molecule has 0 radical (unpaired) electrons. The summed E-state index contributed by atoms with van der Waals surface area (Å²) >= 11 is 0. The smallest absolute Gasteiger partial charge is 0.234 e. The predicted molar refractivity (Wildman–Crippen MR) is 73.1 cm³/mol. The van der Waals surface area contributed by atoms with Crippen molar-refractivity contribution >= 4 is 5.91 Å². The van der Waals surface area contributed by atoms with Crippen molar-refractivity contribution in [2.45, 2.75) is 45.7 Å². The lowest BCUT2D eigenvalue weighted by Gasteiger charge is -2.21. The molecule has 0 spiro atoms. The predicted octanol–water partition coefficient (Wildman–Crippen LogP) is 0.816. The molecule has 4 nitrogen and oxygen atoms in total. The Hall–Kier alpha value is -0.610. The lowest BCUT2D eigenvalue weighted by Crippen LogP contribution is -2.42. The molecule has 2 rings (SSSR count). The summed E-state index contributed by atoms with van der Waals surface area (Å²) in [5, 5.41) is 3.07. The molecule has 1 amide bonds. The number of carbonyl (C=O) groups is 1. The summed E-state index contributed by atoms with van der Waals surface area (Å²) in [4.78, 5) is 14.2. The summed E-state index contributed by atoms with van der Waals surface area (Å²) in [6, 6.07) is 0.611. The van der Waals surface area contributed by atoms with Gasteiger partial charge < -0.3 is 11.1 Å². The first-order valence-electron chi connectivity index (χ1n) is 7.24. The maximum absolute atomic E-state index is 11.9. The van der Waals surface area contributed by atoms with Gasteiger partial charge >= 0.3 is 0 Å². The standard InChI is InChI=1S/C14H27N3O/c1-9(2)10(3)16-14(18)8-17-6-11-4-5-13(15)12(11)7-17/h9-13H,4-8,15H2,1-3H3,(H,16,18). The van der Waals surface area contributed by atoms with E-state index >= 15 is 0 Å². The minimum Gasteiger partial charge on any atom is -0.352 e. The van der Waals surface area contributed by atoms with Crippen LogP contribution in [0.2, 0.25) is 0 Å². The molecule has 1 heterocycles. The summed E-state index contributed by atoms with van der Waals surface area (Å²) in [6.45, 7) is 8.93. The highest BCUT2D eigenvalue weighted by atomic mass is 16.2. The Morgan fingerprint density at radius 3 is 2.67 bits per heavy atom. The third-order valence-electron chi connectivity index (χ3n) is 4.74. The van der Waals surface area contributed by atoms with Gasteiger partial charge in [0.15, 0.2) is 0 Å². The van der Waals surface area contributed by atoms with Crippen molar-refractivity contribution in [1.82, 2.24) is 10.2 Å². The highest BCUT2D eigenvalue weighted by Crippen LogP contribution is 2.36. The van der Waals surface area contributed by atoms with E-state index in [4.69, 9.17) is 5.73 Å². The zero-order chi connectivity index (χ0) is 13.3. The third-order valence-corrected chi connectivity index (χ3v) is 4.74. The molecule has 0 bridgehead atoms. The molecule has 1 aliphatic heterocycles. The largest absolute Gasteiger partial charge is 0.352 e. The van der Waals surface area contributed by atoms with Gasteiger partial charge in [-0.15, -0.1) is 0 Å². The normalized spacial score (nSPS) is 33.7. The molecular formula is C14H27N3O. The number of nitrogens with one attached hydrogen (secondary N) is 1. The van der Waals surface area contributed by atoms with Crippen LogP contribution < -0.4 is 11.1 Å². The van der Waals surface area contributed by atoms with Crippen molar-refractivity contribution in [3.63, 3.8) is 0 Å². The van der Waals surface area contributed by atoms with E-state index in [0.29, 0.717) is 24.4 Å². The minimum atomic E-state index is 0.157. The fraction of sp³-hybridized carbons (Fsp3) is 0.929. The number of carbonyl (C=O) groups excluding carboxylic acids is 1. The van der Waals surface area contributed by atoms with E-state index in [1.165, 1.54) is 12.8 Å². The number of likely N-dealkylation sites (tertiary alicyclic amines) is 1. The van der Waals surface area contributed by atoms with Crippen LogP contribution in [0.25, 0.3) is 0 Å². The van der Waals surface area contributed by atoms with Crippen LogP contribution in [0.3, 0.4) is 0 Å². The van der Waals surface area contributed by atoms with Gasteiger partial charge in [-0.05, 0) is 37.5 Å². The van der Waals surface area contributed by atoms with Crippen molar-refractivity contribution in [3.05, 3.63) is 0 Å². The molecule has 1 saturated carbocycles. The van der Waals surface area contributed by atoms with E-state index in [0.717, 1.165) is 19.0 Å². The average molecular weight is 253 g/mol. The van der Waals surface area contributed by atoms with Gasteiger partial charge in [0.2, 0.25) is 5.91 Å². The average Bonchev–Trinajstić information content (AvgIpc) is 2.81. The molecule has 4 heteroatoms. The summed E-state index contributed by atoms with van der Waals surface area (Å²) in [5.74, 6) is 2.00. The van der Waals surface area contributed by atoms with E-state index in [9.17, 15) is 4.79 Å². The van der Waals surface area contributed by atoms with E-state index in [-0.39, 0.29) is 11.9 Å². The molecule has 2 fully saturated rings. The SMILES string of the molecule is CC(C)C(C)NC(=O)CN1CC2CCC(N)C2C1. The number of nitrogens with two attached hydrogens (primary N) is 1. The lowest BCUT2D eigenvalue weighted by atomic mass is 9.98. The van der Waals surface area contributed by atoms with Crippen molar-refractivity contribution in [1.29, 1.82) is 0 Å². The second-order valence-electron chi connectivity index (χ2n) is 6.46. The van der Waals surface area contributed by atoms with Gasteiger partial charge in [0.1, 0.15) is 0 Å². The second-order valence-corrected chi connectivity index (χ2v) is 6.46. The van der Waals surface area contributed by atoms with Gasteiger partial charge in [-0.2, -0.15) is 0 Å². The Bertz CT molecular complexity index is 305. The summed E-state index contributed by atoms with van der Waals surface area (Å²) < 4.78 is 0. The maximum Gasteiger partial charge on any atom is 0.234 e. The lowest BCUT2D eigenvalue weighted by molar-refractivity contribution is -0.123. The van der Waals surface area contributed by atoms with Gasteiger partial charge in [-0.25, -0.2) is 0 Å². The number of fused-ring (bicyclic) bond motifs is 1. The van der Waals surface area contributed by atoms with E-state index < -0.39 is 0 Å². The summed E-state index contributed by atoms with van der Waals surface area (Å²) in [5.41, 5.74) is 6.11. The molecule has 1 saturated heterocycles. The molecule has 2 aliphatic rings. The molecule has 1 aliphatic carbocycles. The van der Waals surface area contributed by atoms with E-state index in [1.54, 1.807) is 0 Å². The Morgan fingerprint density at radius 2 is 2.06 bits per heavy atom. The molecule has 0 aromatic heterocycles. The van der Waals surface area contributed by atoms with Crippen molar-refractivity contribution in [2.75, 3.05) is 19.6 Å². The van der Waals surface area contributed by atoms with Crippen LogP contribution in [0.1, 0.15) is 33.6 Å². The highest BCUT2D eigenvalue weighted by Gasteiger charge is 2.41. The van der Waals surface area contributed by atoms with E-state index in [2.05, 4.69) is 31.0 Å². The van der Waals surface area contributed by atoms with Crippen molar-refractivity contribution in [2.24, 2.45) is 23.5 Å². The number of rotatable bonds is 4. The van der Waals surface area contributed by atoms with Crippen LogP contribution >= 0.6 is 0 Å². The zero-order valence-electron chi connectivity index (χ0n) is 11.9. The van der Waals surface area contributed by atoms with Gasteiger partial charge in [0.25, 0.3) is 0 Å². The first-order valence-corrected chi connectivity index (χ1v) is 7.24. The minimum absolute atomic E-state index is 0.157. The Balaban J connectivity index is 1.76. The third kappa shape index (κ3) is 3.04. The topological polar surface area (TPSA) is 58.4 Å². The number of nitrogens with zero attached hydrogens (tertiary/aromatic N) is 1. The van der Waals surface area contributed by atoms with Crippen LogP contribution in [0, 0.1) is 17.8 Å². The monoisotopic (exact) mass is 253 g/mol. The molecule has 4 atom stereocenters. The number of amides is 1. The van der Waals surface area contributed by atoms with Crippen LogP contribution in [0.5, 0.6) is 0 Å². The van der Waals surface area contributed by atoms with Crippen molar-refractivity contribution in [3.8, 4) is 0 Å². The van der Waals surface area contributed by atoms with Crippen LogP contribution in [-0.2, 0) is 4.79 Å². The maximum atomic E-state index is 11.9. The fourth-order valence-corrected chi connectivity index (χ4v) is 3.20. The van der Waals surface area contributed by atoms with Gasteiger partial charge in [-0.3, -0.25) is 9.69 Å². The molecule has 0 aromatic carbocycles. The number of hydrogen-bond donors (Lipinski definition) is 2. The summed E-state index contributed by atoms with van der Waals surface area (Å²) in [6.07, 6.45) is 2.41. The van der Waals surface area contributed by atoms with Crippen LogP contribution in [0.15, 0.2) is 0 Å². The summed E-state index contributed by atoms with van der Waals surface area (Å²) in [7, 11) is 0. The molecular weight excluding hydrogens is 226 g/mol. The zero-order valence-corrected chi connectivity index (χ0v) is 11.9. The number of hydrogen-bond acceptors (Lipinski definition) is 3. The molecule has 18 heavy (non-hydrogen) atoms. The Morgan fingerprint density at radius 1 is 1.33 bits per heavy atom. The van der Waals surface area contributed by atoms with Gasteiger partial charge in [-0.1, -0.05) is 13.8 Å². The van der Waals surface area contributed by atoms with Gasteiger partial charge in [0.05, 0.1) is 6.54 Å². The van der Waals surface area contributed by atoms with Crippen LogP contribution in [-0.4, -0.2) is 42.5 Å². The Kier molecular flexibility index (Phi) is 4.28. The molecule has 4 unspecified atom stereocenters. The van der Waals surface area contributed by atoms with Crippen LogP contribution in [0.4, 0.5) is 0 Å². The molecule has 104 valence electrons. The van der Waals surface area contributed by atoms with E-state index in [1.807, 2.05) is 0 Å². The first-order chi connectivity index (χ1) is 8.47. The fourth-order valence-electron chi connectivity index (χ4n) is 3.20. The highest BCUT2D eigenvalue weighted by molar-refractivity contribution is 5.78. The molecule has 0 aromatic rings.